The maximum absolute atomic E-state index is 7.55. The highest BCUT2D eigenvalue weighted by molar-refractivity contribution is 6.03. The summed E-state index contributed by atoms with van der Waals surface area (Å²) in [6.07, 6.45) is 4.57. The molecule has 0 radical (unpaired) electrons. The van der Waals surface area contributed by atoms with Gasteiger partial charge in [-0.3, -0.25) is 10.1 Å². The minimum atomic E-state index is -0.0388. The average molecular weight is 232 g/mol. The van der Waals surface area contributed by atoms with Crippen LogP contribution in [0.2, 0.25) is 0 Å². The van der Waals surface area contributed by atoms with Gasteiger partial charge in [-0.05, 0) is 6.42 Å². The monoisotopic (exact) mass is 232 g/mol. The average Bonchev–Trinajstić information content (AvgIpc) is 2.67. The Hall–Kier alpha value is -1.98. The lowest BCUT2D eigenvalue weighted by Crippen LogP contribution is -2.15. The molecule has 0 saturated carbocycles. The van der Waals surface area contributed by atoms with Gasteiger partial charge in [0.2, 0.25) is 0 Å². The van der Waals surface area contributed by atoms with Crippen LogP contribution in [0.25, 0.3) is 11.0 Å². The van der Waals surface area contributed by atoms with Gasteiger partial charge < -0.3 is 5.73 Å². The molecule has 6 nitrogen and oxygen atoms in total. The lowest BCUT2D eigenvalue weighted by atomic mass is 10.2. The summed E-state index contributed by atoms with van der Waals surface area (Å²) in [4.78, 5) is 8.79. The Morgan fingerprint density at radius 3 is 2.88 bits per heavy atom. The van der Waals surface area contributed by atoms with Crippen molar-refractivity contribution in [3.05, 3.63) is 17.7 Å². The minimum absolute atomic E-state index is 0.0388. The molecule has 0 aliphatic heterocycles. The van der Waals surface area contributed by atoms with Gasteiger partial charge in [0.05, 0.1) is 11.6 Å². The van der Waals surface area contributed by atoms with Crippen molar-refractivity contribution in [2.75, 3.05) is 0 Å². The van der Waals surface area contributed by atoms with Gasteiger partial charge in [0, 0.05) is 13.5 Å². The molecule has 2 aromatic rings. The maximum atomic E-state index is 7.55. The molecule has 0 bridgehead atoms. The van der Waals surface area contributed by atoms with E-state index in [1.54, 1.807) is 10.9 Å². The van der Waals surface area contributed by atoms with Crippen LogP contribution in [0.5, 0.6) is 0 Å². The second-order valence-electron chi connectivity index (χ2n) is 4.01. The predicted molar refractivity (Wildman–Crippen MR) is 65.9 cm³/mol. The smallest absolute Gasteiger partial charge is 0.161 e. The van der Waals surface area contributed by atoms with E-state index in [2.05, 4.69) is 22.0 Å². The number of fused-ring (bicyclic) bond motifs is 1. The maximum Gasteiger partial charge on any atom is 0.161 e. The van der Waals surface area contributed by atoms with Gasteiger partial charge in [-0.1, -0.05) is 13.3 Å². The molecule has 0 aliphatic rings. The van der Waals surface area contributed by atoms with Crippen LogP contribution in [-0.2, 0) is 13.5 Å². The van der Waals surface area contributed by atoms with E-state index in [1.165, 1.54) is 0 Å². The Balaban J connectivity index is 2.56. The van der Waals surface area contributed by atoms with Crippen LogP contribution in [0, 0.1) is 5.41 Å². The van der Waals surface area contributed by atoms with Gasteiger partial charge in [0.1, 0.15) is 17.4 Å². The molecule has 17 heavy (non-hydrogen) atoms. The van der Waals surface area contributed by atoms with Crippen LogP contribution in [0.15, 0.2) is 6.20 Å². The molecule has 2 aromatic heterocycles. The fraction of sp³-hybridized carbons (Fsp3) is 0.455. The standard InChI is InChI=1S/C11H16N6/c1-3-4-5-8-15-9(10(12)13)7-6-14-17(2)11(7)16-8/h6H,3-5H2,1-2H3,(H3,12,13). The molecule has 90 valence electrons. The van der Waals surface area contributed by atoms with Crippen LogP contribution >= 0.6 is 0 Å². The molecule has 0 amide bonds. The molecule has 0 atom stereocenters. The molecule has 6 heteroatoms. The Bertz CT molecular complexity index is 556. The van der Waals surface area contributed by atoms with Crippen molar-refractivity contribution < 1.29 is 0 Å². The first kappa shape index (κ1) is 11.5. The predicted octanol–water partition coefficient (Wildman–Crippen LogP) is 0.990. The van der Waals surface area contributed by atoms with Gasteiger partial charge in [-0.15, -0.1) is 0 Å². The van der Waals surface area contributed by atoms with Crippen molar-refractivity contribution in [1.82, 2.24) is 19.7 Å². The Kier molecular flexibility index (Phi) is 3.03. The fourth-order valence-corrected chi connectivity index (χ4v) is 1.72. The molecular weight excluding hydrogens is 216 g/mol. The number of nitrogens with zero attached hydrogens (tertiary/aromatic N) is 4. The Morgan fingerprint density at radius 1 is 1.47 bits per heavy atom. The van der Waals surface area contributed by atoms with E-state index in [-0.39, 0.29) is 5.84 Å². The molecule has 0 fully saturated rings. The molecule has 3 N–H and O–H groups in total. The van der Waals surface area contributed by atoms with Crippen molar-refractivity contribution in [3.8, 4) is 0 Å². The summed E-state index contributed by atoms with van der Waals surface area (Å²) in [6.45, 7) is 2.12. The summed E-state index contributed by atoms with van der Waals surface area (Å²) in [5, 5.41) is 12.4. The summed E-state index contributed by atoms with van der Waals surface area (Å²) in [7, 11) is 1.82. The first-order valence-corrected chi connectivity index (χ1v) is 5.66. The molecule has 2 heterocycles. The number of unbranched alkanes of at least 4 members (excludes halogenated alkanes) is 1. The van der Waals surface area contributed by atoms with E-state index in [4.69, 9.17) is 11.1 Å². The Morgan fingerprint density at radius 2 is 2.24 bits per heavy atom. The van der Waals surface area contributed by atoms with Gasteiger partial charge in [-0.25, -0.2) is 9.97 Å². The van der Waals surface area contributed by atoms with E-state index < -0.39 is 0 Å². The second kappa shape index (κ2) is 4.48. The van der Waals surface area contributed by atoms with Crippen molar-refractivity contribution >= 4 is 16.9 Å². The van der Waals surface area contributed by atoms with E-state index in [0.717, 1.165) is 36.1 Å². The van der Waals surface area contributed by atoms with Crippen molar-refractivity contribution in [2.24, 2.45) is 12.8 Å². The summed E-state index contributed by atoms with van der Waals surface area (Å²) in [5.41, 5.74) is 6.76. The summed E-state index contributed by atoms with van der Waals surface area (Å²) in [6, 6.07) is 0. The largest absolute Gasteiger partial charge is 0.382 e. The highest BCUT2D eigenvalue weighted by Crippen LogP contribution is 2.15. The summed E-state index contributed by atoms with van der Waals surface area (Å²) in [5.74, 6) is 0.691. The number of hydrogen-bond acceptors (Lipinski definition) is 4. The molecule has 0 aromatic carbocycles. The first-order valence-electron chi connectivity index (χ1n) is 5.66. The topological polar surface area (TPSA) is 93.5 Å². The van der Waals surface area contributed by atoms with Gasteiger partial charge in [0.15, 0.2) is 5.65 Å². The van der Waals surface area contributed by atoms with Crippen LogP contribution < -0.4 is 5.73 Å². The highest BCUT2D eigenvalue weighted by atomic mass is 15.3. The number of aryl methyl sites for hydroxylation is 2. The molecular formula is C11H16N6. The molecule has 0 unspecified atom stereocenters. The Labute approximate surface area is 99.4 Å². The molecule has 0 aliphatic carbocycles. The zero-order chi connectivity index (χ0) is 12.4. The molecule has 2 rings (SSSR count). The van der Waals surface area contributed by atoms with Crippen molar-refractivity contribution in [2.45, 2.75) is 26.2 Å². The number of hydrogen-bond donors (Lipinski definition) is 2. The number of nitrogen functional groups attached to an aromatic ring is 1. The summed E-state index contributed by atoms with van der Waals surface area (Å²) < 4.78 is 1.68. The van der Waals surface area contributed by atoms with Crippen LogP contribution in [0.3, 0.4) is 0 Å². The van der Waals surface area contributed by atoms with Crippen LogP contribution in [-0.4, -0.2) is 25.6 Å². The first-order chi connectivity index (χ1) is 8.13. The van der Waals surface area contributed by atoms with Crippen molar-refractivity contribution in [3.63, 3.8) is 0 Å². The SMILES string of the molecule is CCCCc1nc(C(=N)N)c2cnn(C)c2n1. The lowest BCUT2D eigenvalue weighted by molar-refractivity contribution is 0.741. The zero-order valence-corrected chi connectivity index (χ0v) is 10.1. The van der Waals surface area contributed by atoms with Crippen LogP contribution in [0.4, 0.5) is 0 Å². The fourth-order valence-electron chi connectivity index (χ4n) is 1.72. The number of amidine groups is 1. The number of nitrogens with two attached hydrogens (primary N) is 1. The summed E-state index contributed by atoms with van der Waals surface area (Å²) >= 11 is 0. The number of aromatic nitrogens is 4. The van der Waals surface area contributed by atoms with E-state index in [9.17, 15) is 0 Å². The highest BCUT2D eigenvalue weighted by Gasteiger charge is 2.12. The number of nitrogens with one attached hydrogen (secondary N) is 1. The molecule has 0 spiro atoms. The molecule has 0 saturated heterocycles. The third kappa shape index (κ3) is 2.11. The van der Waals surface area contributed by atoms with Gasteiger partial charge in [-0.2, -0.15) is 5.10 Å². The van der Waals surface area contributed by atoms with Gasteiger partial charge >= 0.3 is 0 Å². The third-order valence-corrected chi connectivity index (χ3v) is 2.65. The quantitative estimate of drug-likeness (QED) is 0.607. The third-order valence-electron chi connectivity index (χ3n) is 2.65. The lowest BCUT2D eigenvalue weighted by Gasteiger charge is -2.04. The van der Waals surface area contributed by atoms with Crippen LogP contribution in [0.1, 0.15) is 31.3 Å². The minimum Gasteiger partial charge on any atom is -0.382 e. The van der Waals surface area contributed by atoms with E-state index >= 15 is 0 Å². The van der Waals surface area contributed by atoms with Gasteiger partial charge in [0.25, 0.3) is 0 Å². The second-order valence-corrected chi connectivity index (χ2v) is 4.01. The van der Waals surface area contributed by atoms with Crippen molar-refractivity contribution in [1.29, 1.82) is 5.41 Å². The van der Waals surface area contributed by atoms with E-state index in [0.29, 0.717) is 5.69 Å². The normalized spacial score (nSPS) is 10.9. The zero-order valence-electron chi connectivity index (χ0n) is 10.1. The number of rotatable bonds is 4. The van der Waals surface area contributed by atoms with E-state index in [1.807, 2.05) is 7.05 Å².